The van der Waals surface area contributed by atoms with E-state index in [4.69, 9.17) is 0 Å². The van der Waals surface area contributed by atoms with E-state index in [0.29, 0.717) is 18.5 Å². The van der Waals surface area contributed by atoms with Crippen molar-refractivity contribution in [3.63, 3.8) is 0 Å². The van der Waals surface area contributed by atoms with Crippen molar-refractivity contribution >= 4 is 28.6 Å². The number of carbonyl (C=O) groups excluding carboxylic acids is 3. The van der Waals surface area contributed by atoms with Crippen LogP contribution in [0.5, 0.6) is 0 Å². The summed E-state index contributed by atoms with van der Waals surface area (Å²) >= 11 is 0. The van der Waals surface area contributed by atoms with Crippen LogP contribution in [-0.4, -0.2) is 58.9 Å². The van der Waals surface area contributed by atoms with Crippen LogP contribution in [0.3, 0.4) is 0 Å². The van der Waals surface area contributed by atoms with Gasteiger partial charge in [0.2, 0.25) is 17.7 Å². The number of carbonyl (C=O) groups is 3. The average molecular weight is 459 g/mol. The third kappa shape index (κ3) is 5.27. The van der Waals surface area contributed by atoms with Gasteiger partial charge in [0.25, 0.3) is 0 Å². The lowest BCUT2D eigenvalue weighted by Crippen LogP contribution is -2.58. The molecule has 33 heavy (non-hydrogen) atoms. The molecular formula is C25H35FN4O3. The smallest absolute Gasteiger partial charge is 0.245 e. The molecule has 1 aromatic heterocycles. The van der Waals surface area contributed by atoms with Crippen LogP contribution in [-0.2, 0) is 16.0 Å². The van der Waals surface area contributed by atoms with Crippen molar-refractivity contribution in [3.05, 3.63) is 35.8 Å². The van der Waals surface area contributed by atoms with Crippen molar-refractivity contribution in [2.24, 2.45) is 5.41 Å². The molecule has 1 saturated heterocycles. The van der Waals surface area contributed by atoms with Crippen LogP contribution in [0.2, 0.25) is 0 Å². The Morgan fingerprint density at radius 2 is 1.94 bits per heavy atom. The average Bonchev–Trinajstić information content (AvgIpc) is 3.34. The number of hydrogen-bond donors (Lipinski definition) is 2. The highest BCUT2D eigenvalue weighted by Gasteiger charge is 2.40. The molecule has 8 heteroatoms. The molecule has 7 nitrogen and oxygen atoms in total. The predicted molar refractivity (Wildman–Crippen MR) is 127 cm³/mol. The molecule has 0 spiro atoms. The van der Waals surface area contributed by atoms with Gasteiger partial charge >= 0.3 is 0 Å². The topological polar surface area (TPSA) is 83.4 Å². The van der Waals surface area contributed by atoms with Gasteiger partial charge in [-0.05, 0) is 62.4 Å². The lowest BCUT2D eigenvalue weighted by atomic mass is 9.85. The van der Waals surface area contributed by atoms with Crippen molar-refractivity contribution in [2.45, 2.75) is 72.0 Å². The fourth-order valence-electron chi connectivity index (χ4n) is 4.50. The molecule has 1 aliphatic heterocycles. The quantitative estimate of drug-likeness (QED) is 0.697. The van der Waals surface area contributed by atoms with Gasteiger partial charge in [-0.25, -0.2) is 4.39 Å². The molecule has 0 saturated carbocycles. The fourth-order valence-corrected chi connectivity index (χ4v) is 4.50. The summed E-state index contributed by atoms with van der Waals surface area (Å²) in [5.74, 6) is -0.895. The number of nitrogens with one attached hydrogen (secondary N) is 2. The molecule has 0 unspecified atom stereocenters. The summed E-state index contributed by atoms with van der Waals surface area (Å²) in [6.45, 7) is 9.65. The molecule has 2 heterocycles. The van der Waals surface area contributed by atoms with Crippen LogP contribution in [0.25, 0.3) is 10.9 Å². The van der Waals surface area contributed by atoms with Crippen LogP contribution < -0.4 is 10.6 Å². The summed E-state index contributed by atoms with van der Waals surface area (Å²) in [6, 6.07) is 3.33. The maximum atomic E-state index is 13.8. The highest BCUT2D eigenvalue weighted by molar-refractivity contribution is 5.94. The minimum atomic E-state index is -0.658. The molecule has 0 aliphatic carbocycles. The maximum absolute atomic E-state index is 13.8. The SMILES string of the molecule is CN[C@@H](C)C(=O)N[C@H](C(=O)N1CCC[C@@H]1Cc1cn(C(C)=O)c2cc(F)ccc12)C(C)(C)C. The standard InChI is InChI=1S/C25H35FN4O3/c1-15(27-6)23(32)28-22(25(3,4)5)24(33)29-11-7-8-19(29)12-17-14-30(16(2)31)21-13-18(26)9-10-20(17)21/h9-10,13-15,19,22,27H,7-8,11-12H2,1-6H3,(H,28,32)/t15-,19+,22+/m0/s1. The number of hydrogen-bond acceptors (Lipinski definition) is 4. The monoisotopic (exact) mass is 458 g/mol. The molecule has 1 aromatic carbocycles. The van der Waals surface area contributed by atoms with Gasteiger partial charge in [-0.15, -0.1) is 0 Å². The Bertz CT molecular complexity index is 1060. The zero-order chi connectivity index (χ0) is 24.5. The van der Waals surface area contributed by atoms with E-state index in [1.807, 2.05) is 25.7 Å². The summed E-state index contributed by atoms with van der Waals surface area (Å²) in [5, 5.41) is 6.67. The molecule has 3 rings (SSSR count). The number of benzene rings is 1. The Labute approximate surface area is 194 Å². The Morgan fingerprint density at radius 3 is 2.55 bits per heavy atom. The number of amides is 2. The normalized spacial score (nSPS) is 18.4. The molecule has 1 aliphatic rings. The number of likely N-dealkylation sites (tertiary alicyclic amines) is 1. The number of aromatic nitrogens is 1. The summed E-state index contributed by atoms with van der Waals surface area (Å²) in [7, 11) is 1.71. The van der Waals surface area contributed by atoms with E-state index >= 15 is 0 Å². The molecular weight excluding hydrogens is 423 g/mol. The van der Waals surface area contributed by atoms with E-state index in [-0.39, 0.29) is 23.8 Å². The summed E-state index contributed by atoms with van der Waals surface area (Å²) in [5.41, 5.74) is 0.981. The highest BCUT2D eigenvalue weighted by atomic mass is 19.1. The minimum Gasteiger partial charge on any atom is -0.342 e. The first kappa shape index (κ1) is 24.9. The second-order valence-corrected chi connectivity index (χ2v) is 10.1. The molecule has 2 aromatic rings. The number of likely N-dealkylation sites (N-methyl/N-ethyl adjacent to an activating group) is 1. The fraction of sp³-hybridized carbons (Fsp3) is 0.560. The first-order chi connectivity index (χ1) is 15.4. The van der Waals surface area contributed by atoms with Crippen LogP contribution in [0.1, 0.15) is 57.8 Å². The van der Waals surface area contributed by atoms with E-state index in [0.717, 1.165) is 23.8 Å². The van der Waals surface area contributed by atoms with Gasteiger partial charge in [-0.2, -0.15) is 0 Å². The number of rotatable bonds is 6. The molecule has 1 fully saturated rings. The number of halogens is 1. The predicted octanol–water partition coefficient (Wildman–Crippen LogP) is 3.11. The molecule has 3 atom stereocenters. The van der Waals surface area contributed by atoms with Crippen molar-refractivity contribution in [3.8, 4) is 0 Å². The Kier molecular flexibility index (Phi) is 7.26. The van der Waals surface area contributed by atoms with Gasteiger partial charge in [-0.1, -0.05) is 20.8 Å². The van der Waals surface area contributed by atoms with Gasteiger partial charge < -0.3 is 15.5 Å². The van der Waals surface area contributed by atoms with E-state index in [1.165, 1.54) is 23.6 Å². The Morgan fingerprint density at radius 1 is 1.24 bits per heavy atom. The number of fused-ring (bicyclic) bond motifs is 1. The lowest BCUT2D eigenvalue weighted by molar-refractivity contribution is -0.140. The van der Waals surface area contributed by atoms with Crippen LogP contribution in [0.15, 0.2) is 24.4 Å². The second kappa shape index (κ2) is 9.63. The van der Waals surface area contributed by atoms with E-state index < -0.39 is 23.3 Å². The van der Waals surface area contributed by atoms with Crippen molar-refractivity contribution in [1.29, 1.82) is 0 Å². The zero-order valence-electron chi connectivity index (χ0n) is 20.4. The summed E-state index contributed by atoms with van der Waals surface area (Å²) in [6.07, 6.45) is 4.02. The maximum Gasteiger partial charge on any atom is 0.245 e. The Balaban J connectivity index is 1.88. The van der Waals surface area contributed by atoms with Crippen molar-refractivity contribution < 1.29 is 18.8 Å². The third-order valence-electron chi connectivity index (χ3n) is 6.53. The van der Waals surface area contributed by atoms with Crippen LogP contribution in [0, 0.1) is 11.2 Å². The van der Waals surface area contributed by atoms with E-state index in [1.54, 1.807) is 26.2 Å². The van der Waals surface area contributed by atoms with Gasteiger partial charge in [0, 0.05) is 31.1 Å². The zero-order valence-corrected chi connectivity index (χ0v) is 20.4. The van der Waals surface area contributed by atoms with Gasteiger partial charge in [0.1, 0.15) is 11.9 Å². The van der Waals surface area contributed by atoms with Crippen molar-refractivity contribution in [2.75, 3.05) is 13.6 Å². The lowest BCUT2D eigenvalue weighted by Gasteiger charge is -2.36. The molecule has 2 N–H and O–H groups in total. The second-order valence-electron chi connectivity index (χ2n) is 10.1. The van der Waals surface area contributed by atoms with Crippen molar-refractivity contribution in [1.82, 2.24) is 20.1 Å². The van der Waals surface area contributed by atoms with E-state index in [2.05, 4.69) is 10.6 Å². The van der Waals surface area contributed by atoms with Crippen LogP contribution in [0.4, 0.5) is 4.39 Å². The van der Waals surface area contributed by atoms with Gasteiger partial charge in [0.15, 0.2) is 0 Å². The highest BCUT2D eigenvalue weighted by Crippen LogP contribution is 2.30. The molecule has 180 valence electrons. The minimum absolute atomic E-state index is 0.0583. The molecule has 0 bridgehead atoms. The van der Waals surface area contributed by atoms with Gasteiger partial charge in [-0.3, -0.25) is 19.0 Å². The largest absolute Gasteiger partial charge is 0.342 e. The first-order valence-electron chi connectivity index (χ1n) is 11.5. The summed E-state index contributed by atoms with van der Waals surface area (Å²) < 4.78 is 15.3. The molecule has 2 amide bonds. The molecule has 0 radical (unpaired) electrons. The van der Waals surface area contributed by atoms with E-state index in [9.17, 15) is 18.8 Å². The first-order valence-corrected chi connectivity index (χ1v) is 11.5. The summed E-state index contributed by atoms with van der Waals surface area (Å²) in [4.78, 5) is 40.2. The van der Waals surface area contributed by atoms with Gasteiger partial charge in [0.05, 0.1) is 11.6 Å². The third-order valence-corrected chi connectivity index (χ3v) is 6.53. The number of nitrogens with zero attached hydrogens (tertiary/aromatic N) is 2. The van der Waals surface area contributed by atoms with Crippen LogP contribution >= 0.6 is 0 Å². The Hall–Kier alpha value is -2.74.